The van der Waals surface area contributed by atoms with E-state index in [9.17, 15) is 9.90 Å². The summed E-state index contributed by atoms with van der Waals surface area (Å²) >= 11 is 0. The number of carbonyl (C=O) groups is 1. The fourth-order valence-corrected chi connectivity index (χ4v) is 3.86. The number of piperidine rings is 1. The Morgan fingerprint density at radius 3 is 2.31 bits per heavy atom. The molecular formula is C23H25N3O3. The summed E-state index contributed by atoms with van der Waals surface area (Å²) in [5, 5.41) is 15.1. The Morgan fingerprint density at radius 1 is 1.07 bits per heavy atom. The van der Waals surface area contributed by atoms with Crippen molar-refractivity contribution in [2.75, 3.05) is 20.2 Å². The van der Waals surface area contributed by atoms with Crippen LogP contribution in [-0.2, 0) is 0 Å². The van der Waals surface area contributed by atoms with Gasteiger partial charge in [0.15, 0.2) is 11.4 Å². The normalized spacial score (nSPS) is 15.9. The Bertz CT molecular complexity index is 948. The standard InChI is InChI=1S/C23H25N3O3/c1-29-20-16-26(19-10-6-3-7-11-19)24-21(20)23(28)25-14-12-18(13-15-25)22(27)17-8-4-2-5-9-17/h2-11,16,18,22,27H,12-15H2,1H3. The van der Waals surface area contributed by atoms with E-state index in [0.717, 1.165) is 24.1 Å². The number of hydrogen-bond donors (Lipinski definition) is 1. The molecule has 0 spiro atoms. The van der Waals surface area contributed by atoms with Crippen LogP contribution in [0.3, 0.4) is 0 Å². The number of methoxy groups -OCH3 is 1. The molecule has 1 fully saturated rings. The van der Waals surface area contributed by atoms with Crippen molar-refractivity contribution in [3.8, 4) is 11.4 Å². The lowest BCUT2D eigenvalue weighted by atomic mass is 9.87. The maximum Gasteiger partial charge on any atom is 0.278 e. The predicted molar refractivity (Wildman–Crippen MR) is 110 cm³/mol. The fourth-order valence-electron chi connectivity index (χ4n) is 3.86. The number of likely N-dealkylation sites (tertiary alicyclic amines) is 1. The van der Waals surface area contributed by atoms with Gasteiger partial charge in [-0.3, -0.25) is 4.79 Å². The van der Waals surface area contributed by atoms with Crippen molar-refractivity contribution in [3.63, 3.8) is 0 Å². The first-order valence-electron chi connectivity index (χ1n) is 9.88. The lowest BCUT2D eigenvalue weighted by Crippen LogP contribution is -2.40. The number of benzene rings is 2. The zero-order chi connectivity index (χ0) is 20.2. The minimum atomic E-state index is -0.500. The van der Waals surface area contributed by atoms with Crippen molar-refractivity contribution in [2.24, 2.45) is 5.92 Å². The van der Waals surface area contributed by atoms with Crippen LogP contribution < -0.4 is 4.74 Å². The van der Waals surface area contributed by atoms with Gasteiger partial charge in [-0.15, -0.1) is 0 Å². The number of nitrogens with zero attached hydrogens (tertiary/aromatic N) is 3. The zero-order valence-corrected chi connectivity index (χ0v) is 16.4. The number of ether oxygens (including phenoxy) is 1. The van der Waals surface area contributed by atoms with Gasteiger partial charge in [0.05, 0.1) is 25.1 Å². The molecule has 1 unspecified atom stereocenters. The molecule has 0 radical (unpaired) electrons. The number of amides is 1. The number of carbonyl (C=O) groups excluding carboxylic acids is 1. The molecule has 1 aliphatic rings. The summed E-state index contributed by atoms with van der Waals surface area (Å²) in [6.07, 6.45) is 2.74. The molecule has 0 bridgehead atoms. The third kappa shape index (κ3) is 4.03. The van der Waals surface area contributed by atoms with E-state index in [0.29, 0.717) is 24.5 Å². The summed E-state index contributed by atoms with van der Waals surface area (Å²) in [7, 11) is 1.55. The summed E-state index contributed by atoms with van der Waals surface area (Å²) < 4.78 is 7.07. The van der Waals surface area contributed by atoms with Crippen LogP contribution in [0.5, 0.6) is 5.75 Å². The highest BCUT2D eigenvalue weighted by Gasteiger charge is 2.31. The smallest absolute Gasteiger partial charge is 0.278 e. The third-order valence-electron chi connectivity index (χ3n) is 5.54. The number of rotatable bonds is 5. The molecule has 2 heterocycles. The molecule has 150 valence electrons. The number of aliphatic hydroxyl groups excluding tert-OH is 1. The quantitative estimate of drug-likeness (QED) is 0.723. The van der Waals surface area contributed by atoms with Crippen molar-refractivity contribution in [3.05, 3.63) is 78.1 Å². The first-order chi connectivity index (χ1) is 14.2. The average Bonchev–Trinajstić information content (AvgIpc) is 3.24. The van der Waals surface area contributed by atoms with Gasteiger partial charge in [0.1, 0.15) is 0 Å². The summed E-state index contributed by atoms with van der Waals surface area (Å²) in [5.74, 6) is 0.472. The van der Waals surface area contributed by atoms with Crippen LogP contribution in [0.1, 0.15) is 35.0 Å². The lowest BCUT2D eigenvalue weighted by molar-refractivity contribution is 0.0456. The Hall–Kier alpha value is -3.12. The van der Waals surface area contributed by atoms with E-state index >= 15 is 0 Å². The van der Waals surface area contributed by atoms with Crippen LogP contribution in [0.4, 0.5) is 0 Å². The molecular weight excluding hydrogens is 366 g/mol. The SMILES string of the molecule is COc1cn(-c2ccccc2)nc1C(=O)N1CCC(C(O)c2ccccc2)CC1. The van der Waals surface area contributed by atoms with E-state index in [1.54, 1.807) is 22.9 Å². The second kappa shape index (κ2) is 8.49. The van der Waals surface area contributed by atoms with Gasteiger partial charge < -0.3 is 14.7 Å². The minimum Gasteiger partial charge on any atom is -0.493 e. The molecule has 1 amide bonds. The molecule has 6 nitrogen and oxygen atoms in total. The Labute approximate surface area is 170 Å². The topological polar surface area (TPSA) is 67.6 Å². The molecule has 1 atom stereocenters. The molecule has 1 saturated heterocycles. The molecule has 29 heavy (non-hydrogen) atoms. The van der Waals surface area contributed by atoms with Gasteiger partial charge in [-0.2, -0.15) is 5.10 Å². The number of para-hydroxylation sites is 1. The molecule has 0 saturated carbocycles. The van der Waals surface area contributed by atoms with E-state index in [1.807, 2.05) is 60.7 Å². The van der Waals surface area contributed by atoms with Crippen molar-refractivity contribution < 1.29 is 14.6 Å². The van der Waals surface area contributed by atoms with Crippen LogP contribution in [-0.4, -0.2) is 45.9 Å². The highest BCUT2D eigenvalue weighted by Crippen LogP contribution is 2.31. The maximum atomic E-state index is 13.1. The van der Waals surface area contributed by atoms with E-state index in [-0.39, 0.29) is 11.8 Å². The van der Waals surface area contributed by atoms with Gasteiger partial charge in [0, 0.05) is 13.1 Å². The molecule has 2 aromatic carbocycles. The van der Waals surface area contributed by atoms with E-state index in [2.05, 4.69) is 5.10 Å². The Kier molecular flexibility index (Phi) is 5.62. The van der Waals surface area contributed by atoms with E-state index in [1.165, 1.54) is 0 Å². The Balaban J connectivity index is 1.45. The van der Waals surface area contributed by atoms with Gasteiger partial charge >= 0.3 is 0 Å². The van der Waals surface area contributed by atoms with Crippen molar-refractivity contribution >= 4 is 5.91 Å². The highest BCUT2D eigenvalue weighted by atomic mass is 16.5. The van der Waals surface area contributed by atoms with Gasteiger partial charge in [-0.25, -0.2) is 4.68 Å². The second-order valence-electron chi connectivity index (χ2n) is 7.31. The minimum absolute atomic E-state index is 0.135. The van der Waals surface area contributed by atoms with Crippen molar-refractivity contribution in [2.45, 2.75) is 18.9 Å². The molecule has 1 aromatic heterocycles. The number of aromatic nitrogens is 2. The molecule has 6 heteroatoms. The van der Waals surface area contributed by atoms with Crippen LogP contribution in [0.2, 0.25) is 0 Å². The summed E-state index contributed by atoms with van der Waals surface area (Å²) in [4.78, 5) is 14.9. The van der Waals surface area contributed by atoms with Gasteiger partial charge in [0.25, 0.3) is 5.91 Å². The third-order valence-corrected chi connectivity index (χ3v) is 5.54. The van der Waals surface area contributed by atoms with Crippen LogP contribution in [0, 0.1) is 5.92 Å². The fraction of sp³-hybridized carbons (Fsp3) is 0.304. The average molecular weight is 391 g/mol. The molecule has 0 aliphatic carbocycles. The van der Waals surface area contributed by atoms with Crippen molar-refractivity contribution in [1.82, 2.24) is 14.7 Å². The van der Waals surface area contributed by atoms with Crippen LogP contribution in [0.25, 0.3) is 5.69 Å². The van der Waals surface area contributed by atoms with E-state index in [4.69, 9.17) is 4.74 Å². The van der Waals surface area contributed by atoms with Gasteiger partial charge in [0.2, 0.25) is 0 Å². The monoisotopic (exact) mass is 391 g/mol. The van der Waals surface area contributed by atoms with Gasteiger partial charge in [-0.1, -0.05) is 48.5 Å². The first kappa shape index (κ1) is 19.2. The molecule has 4 rings (SSSR count). The molecule has 3 aromatic rings. The molecule has 1 N–H and O–H groups in total. The predicted octanol–water partition coefficient (Wildman–Crippen LogP) is 3.47. The number of hydrogen-bond acceptors (Lipinski definition) is 4. The highest BCUT2D eigenvalue weighted by molar-refractivity contribution is 5.95. The summed E-state index contributed by atoms with van der Waals surface area (Å²) in [5.41, 5.74) is 2.12. The summed E-state index contributed by atoms with van der Waals surface area (Å²) in [6.45, 7) is 1.18. The molecule has 1 aliphatic heterocycles. The van der Waals surface area contributed by atoms with Gasteiger partial charge in [-0.05, 0) is 36.5 Å². The number of aliphatic hydroxyl groups is 1. The van der Waals surface area contributed by atoms with E-state index < -0.39 is 6.10 Å². The lowest BCUT2D eigenvalue weighted by Gasteiger charge is -2.34. The van der Waals surface area contributed by atoms with Crippen LogP contribution in [0.15, 0.2) is 66.9 Å². The zero-order valence-electron chi connectivity index (χ0n) is 16.4. The Morgan fingerprint density at radius 2 is 1.69 bits per heavy atom. The second-order valence-corrected chi connectivity index (χ2v) is 7.31. The summed E-state index contributed by atoms with van der Waals surface area (Å²) in [6, 6.07) is 19.4. The largest absolute Gasteiger partial charge is 0.493 e. The first-order valence-corrected chi connectivity index (χ1v) is 9.88. The van der Waals surface area contributed by atoms with Crippen LogP contribution >= 0.6 is 0 Å². The maximum absolute atomic E-state index is 13.1. The van der Waals surface area contributed by atoms with Crippen molar-refractivity contribution in [1.29, 1.82) is 0 Å².